The maximum Gasteiger partial charge on any atom is 0.234 e. The number of aryl methyl sites for hydroxylation is 1. The third-order valence-corrected chi connectivity index (χ3v) is 5.02. The molecule has 0 saturated carbocycles. The molecule has 28 heavy (non-hydrogen) atoms. The van der Waals surface area contributed by atoms with Crippen LogP contribution in [0.15, 0.2) is 53.6 Å². The standard InChI is InChI=1S/C20H17Cl2N3O2S/c1-12-7-19(25-20(23-12)13-3-5-17(27-2)6-4-13)28-11-18(26)24-16-9-14(21)8-15(22)10-16/h3-10H,11H2,1-2H3,(H,24,26). The molecule has 0 aliphatic heterocycles. The quantitative estimate of drug-likeness (QED) is 0.410. The van der Waals surface area contributed by atoms with Crippen LogP contribution in [-0.4, -0.2) is 28.7 Å². The Balaban J connectivity index is 1.68. The van der Waals surface area contributed by atoms with Crippen molar-refractivity contribution in [1.82, 2.24) is 9.97 Å². The van der Waals surface area contributed by atoms with Crippen LogP contribution in [0.5, 0.6) is 5.75 Å². The van der Waals surface area contributed by atoms with E-state index in [-0.39, 0.29) is 11.7 Å². The van der Waals surface area contributed by atoms with Crippen molar-refractivity contribution in [2.45, 2.75) is 11.9 Å². The number of benzene rings is 2. The van der Waals surface area contributed by atoms with Gasteiger partial charge in [-0.3, -0.25) is 4.79 Å². The van der Waals surface area contributed by atoms with E-state index in [9.17, 15) is 4.79 Å². The number of amides is 1. The Kier molecular flexibility index (Phi) is 6.78. The predicted octanol–water partition coefficient (Wildman–Crippen LogP) is 5.50. The van der Waals surface area contributed by atoms with Crippen molar-refractivity contribution in [3.8, 4) is 17.1 Å². The molecule has 0 aliphatic rings. The van der Waals surface area contributed by atoms with Gasteiger partial charge in [0.05, 0.1) is 12.9 Å². The highest BCUT2D eigenvalue weighted by Crippen LogP contribution is 2.25. The largest absolute Gasteiger partial charge is 0.497 e. The van der Waals surface area contributed by atoms with Crippen LogP contribution in [-0.2, 0) is 4.79 Å². The normalized spacial score (nSPS) is 10.6. The summed E-state index contributed by atoms with van der Waals surface area (Å²) in [6.07, 6.45) is 0. The van der Waals surface area contributed by atoms with Crippen LogP contribution in [0.4, 0.5) is 5.69 Å². The molecule has 3 aromatic rings. The number of nitrogens with zero attached hydrogens (tertiary/aromatic N) is 2. The van der Waals surface area contributed by atoms with Gasteiger partial charge >= 0.3 is 0 Å². The van der Waals surface area contributed by atoms with E-state index in [2.05, 4.69) is 15.3 Å². The zero-order valence-corrected chi connectivity index (χ0v) is 17.5. The second kappa shape index (κ2) is 9.28. The number of rotatable bonds is 6. The molecule has 0 spiro atoms. The van der Waals surface area contributed by atoms with E-state index < -0.39 is 0 Å². The molecule has 1 N–H and O–H groups in total. The first-order valence-corrected chi connectivity index (χ1v) is 10.1. The van der Waals surface area contributed by atoms with Gasteiger partial charge in [-0.25, -0.2) is 9.97 Å². The fourth-order valence-corrected chi connectivity index (χ4v) is 3.73. The predicted molar refractivity (Wildman–Crippen MR) is 115 cm³/mol. The molecular formula is C20H17Cl2N3O2S. The first-order chi connectivity index (χ1) is 13.4. The van der Waals surface area contributed by atoms with E-state index in [1.807, 2.05) is 37.3 Å². The lowest BCUT2D eigenvalue weighted by Crippen LogP contribution is -2.14. The summed E-state index contributed by atoms with van der Waals surface area (Å²) in [5.41, 5.74) is 2.26. The molecule has 0 unspecified atom stereocenters. The van der Waals surface area contributed by atoms with Gasteiger partial charge in [-0.2, -0.15) is 0 Å². The second-order valence-electron chi connectivity index (χ2n) is 5.89. The number of carbonyl (C=O) groups excluding carboxylic acids is 1. The van der Waals surface area contributed by atoms with Crippen LogP contribution in [0.2, 0.25) is 10.0 Å². The first kappa shape index (κ1) is 20.5. The zero-order chi connectivity index (χ0) is 20.1. The van der Waals surface area contributed by atoms with Gasteiger partial charge in [0.25, 0.3) is 0 Å². The SMILES string of the molecule is COc1ccc(-c2nc(C)cc(SCC(=O)Nc3cc(Cl)cc(Cl)c3)n2)cc1. The lowest BCUT2D eigenvalue weighted by molar-refractivity contribution is -0.113. The summed E-state index contributed by atoms with van der Waals surface area (Å²) >= 11 is 13.2. The molecule has 3 rings (SSSR count). The molecule has 1 heterocycles. The fraction of sp³-hybridized carbons (Fsp3) is 0.150. The Morgan fingerprint density at radius 3 is 2.39 bits per heavy atom. The number of hydrogen-bond donors (Lipinski definition) is 1. The molecule has 2 aromatic carbocycles. The molecule has 8 heteroatoms. The maximum absolute atomic E-state index is 12.2. The van der Waals surface area contributed by atoms with Gasteiger partial charge in [0.2, 0.25) is 5.91 Å². The Morgan fingerprint density at radius 2 is 1.75 bits per heavy atom. The lowest BCUT2D eigenvalue weighted by Gasteiger charge is -2.08. The van der Waals surface area contributed by atoms with Crippen LogP contribution < -0.4 is 10.1 Å². The van der Waals surface area contributed by atoms with Crippen molar-refractivity contribution in [3.63, 3.8) is 0 Å². The minimum Gasteiger partial charge on any atom is -0.497 e. The first-order valence-electron chi connectivity index (χ1n) is 8.32. The van der Waals surface area contributed by atoms with E-state index in [0.717, 1.165) is 22.0 Å². The zero-order valence-electron chi connectivity index (χ0n) is 15.2. The minimum atomic E-state index is -0.175. The highest BCUT2D eigenvalue weighted by Gasteiger charge is 2.09. The van der Waals surface area contributed by atoms with Crippen LogP contribution in [0, 0.1) is 6.92 Å². The fourth-order valence-electron chi connectivity index (χ4n) is 2.45. The molecule has 1 aromatic heterocycles. The molecule has 0 radical (unpaired) electrons. The topological polar surface area (TPSA) is 64.1 Å². The smallest absolute Gasteiger partial charge is 0.234 e. The van der Waals surface area contributed by atoms with E-state index in [1.54, 1.807) is 25.3 Å². The molecular weight excluding hydrogens is 417 g/mol. The van der Waals surface area contributed by atoms with Gasteiger partial charge in [0.1, 0.15) is 10.8 Å². The molecule has 0 fully saturated rings. The Bertz CT molecular complexity index is 977. The van der Waals surface area contributed by atoms with Crippen molar-refractivity contribution < 1.29 is 9.53 Å². The average Bonchev–Trinajstić information content (AvgIpc) is 2.65. The molecule has 1 amide bonds. The third kappa shape index (κ3) is 5.61. The van der Waals surface area contributed by atoms with Crippen LogP contribution in [0.3, 0.4) is 0 Å². The summed E-state index contributed by atoms with van der Waals surface area (Å²) in [6, 6.07) is 14.3. The van der Waals surface area contributed by atoms with Crippen molar-refractivity contribution >= 4 is 46.6 Å². The van der Waals surface area contributed by atoms with Gasteiger partial charge in [0.15, 0.2) is 5.82 Å². The van der Waals surface area contributed by atoms with E-state index in [0.29, 0.717) is 21.6 Å². The van der Waals surface area contributed by atoms with E-state index in [4.69, 9.17) is 27.9 Å². The Labute approximate surface area is 177 Å². The number of aromatic nitrogens is 2. The van der Waals surface area contributed by atoms with E-state index >= 15 is 0 Å². The number of carbonyl (C=O) groups is 1. The number of nitrogens with one attached hydrogen (secondary N) is 1. The number of halogens is 2. The Hall–Kier alpha value is -2.28. The van der Waals surface area contributed by atoms with Crippen molar-refractivity contribution in [1.29, 1.82) is 0 Å². The number of ether oxygens (including phenoxy) is 1. The summed E-state index contributed by atoms with van der Waals surface area (Å²) in [6.45, 7) is 1.90. The minimum absolute atomic E-state index is 0.175. The van der Waals surface area contributed by atoms with Crippen LogP contribution in [0.1, 0.15) is 5.69 Å². The monoisotopic (exact) mass is 433 g/mol. The van der Waals surface area contributed by atoms with Crippen molar-refractivity contribution in [3.05, 3.63) is 64.3 Å². The average molecular weight is 434 g/mol. The second-order valence-corrected chi connectivity index (χ2v) is 7.76. The van der Waals surface area contributed by atoms with Gasteiger partial charge in [-0.05, 0) is 55.5 Å². The van der Waals surface area contributed by atoms with Gasteiger partial charge in [-0.15, -0.1) is 0 Å². The molecule has 0 atom stereocenters. The highest BCUT2D eigenvalue weighted by molar-refractivity contribution is 7.99. The van der Waals surface area contributed by atoms with Crippen molar-refractivity contribution in [2.75, 3.05) is 18.2 Å². The number of hydrogen-bond acceptors (Lipinski definition) is 5. The summed E-state index contributed by atoms with van der Waals surface area (Å²) < 4.78 is 5.18. The summed E-state index contributed by atoms with van der Waals surface area (Å²) in [5.74, 6) is 1.39. The maximum atomic E-state index is 12.2. The third-order valence-electron chi connectivity index (χ3n) is 3.68. The Morgan fingerprint density at radius 1 is 1.07 bits per heavy atom. The molecule has 0 saturated heterocycles. The van der Waals surface area contributed by atoms with Gasteiger partial charge < -0.3 is 10.1 Å². The molecule has 144 valence electrons. The van der Waals surface area contributed by atoms with Crippen molar-refractivity contribution in [2.24, 2.45) is 0 Å². The molecule has 0 bridgehead atoms. The summed E-state index contributed by atoms with van der Waals surface area (Å²) in [4.78, 5) is 21.3. The lowest BCUT2D eigenvalue weighted by atomic mass is 10.2. The summed E-state index contributed by atoms with van der Waals surface area (Å²) in [7, 11) is 1.62. The highest BCUT2D eigenvalue weighted by atomic mass is 35.5. The molecule has 0 aliphatic carbocycles. The van der Waals surface area contributed by atoms with E-state index in [1.165, 1.54) is 11.8 Å². The van der Waals surface area contributed by atoms with Crippen LogP contribution in [0.25, 0.3) is 11.4 Å². The molecule has 5 nitrogen and oxygen atoms in total. The van der Waals surface area contributed by atoms with Gasteiger partial charge in [-0.1, -0.05) is 35.0 Å². The number of thioether (sulfide) groups is 1. The number of methoxy groups -OCH3 is 1. The summed E-state index contributed by atoms with van der Waals surface area (Å²) in [5, 5.41) is 4.43. The van der Waals surface area contributed by atoms with Gasteiger partial charge in [0, 0.05) is 27.0 Å². The van der Waals surface area contributed by atoms with Crippen LogP contribution >= 0.6 is 35.0 Å². The number of anilines is 1.